The number of imide groups is 1. The maximum absolute atomic E-state index is 12.8. The van der Waals surface area contributed by atoms with Gasteiger partial charge in [0.25, 0.3) is 0 Å². The molecule has 2 aromatic rings. The summed E-state index contributed by atoms with van der Waals surface area (Å²) < 4.78 is 5.10. The molecule has 5 nitrogen and oxygen atoms in total. The average Bonchev–Trinajstić information content (AvgIpc) is 3.06. The minimum absolute atomic E-state index is 0.169. The van der Waals surface area contributed by atoms with Crippen molar-refractivity contribution in [3.63, 3.8) is 0 Å². The highest BCUT2D eigenvalue weighted by Crippen LogP contribution is 2.21. The van der Waals surface area contributed by atoms with Crippen LogP contribution in [0.3, 0.4) is 0 Å². The van der Waals surface area contributed by atoms with Gasteiger partial charge in [0.15, 0.2) is 0 Å². The Labute approximate surface area is 158 Å². The lowest BCUT2D eigenvalue weighted by Crippen LogP contribution is -2.45. The number of aliphatic hydroxyl groups excluding tert-OH is 1. The zero-order valence-corrected chi connectivity index (χ0v) is 15.2. The summed E-state index contributed by atoms with van der Waals surface area (Å²) in [6.45, 7) is 1.79. The van der Waals surface area contributed by atoms with Gasteiger partial charge < -0.3 is 9.84 Å². The molecule has 27 heavy (non-hydrogen) atoms. The molecule has 1 N–H and O–H groups in total. The summed E-state index contributed by atoms with van der Waals surface area (Å²) in [6.07, 6.45) is 2.22. The summed E-state index contributed by atoms with van der Waals surface area (Å²) in [7, 11) is 0. The van der Waals surface area contributed by atoms with E-state index in [1.54, 1.807) is 19.1 Å². The molecule has 1 saturated heterocycles. The Morgan fingerprint density at radius 3 is 2.48 bits per heavy atom. The fourth-order valence-corrected chi connectivity index (χ4v) is 3.07. The zero-order valence-electron chi connectivity index (χ0n) is 15.2. The molecule has 1 aliphatic heterocycles. The SMILES string of the molecule is C[C@H](C(=O)N1C(=O)OC[C@@H]1Cc1ccccc1)[C@H](O)/C=C/c1ccccc1. The molecule has 2 aromatic carbocycles. The topological polar surface area (TPSA) is 66.8 Å². The molecule has 3 rings (SSSR count). The Balaban J connectivity index is 1.68. The highest BCUT2D eigenvalue weighted by Gasteiger charge is 2.40. The summed E-state index contributed by atoms with van der Waals surface area (Å²) in [5, 5.41) is 10.4. The first-order valence-electron chi connectivity index (χ1n) is 9.01. The van der Waals surface area contributed by atoms with E-state index in [9.17, 15) is 14.7 Å². The first kappa shape index (κ1) is 18.9. The molecule has 0 bridgehead atoms. The minimum atomic E-state index is -0.997. The first-order valence-corrected chi connectivity index (χ1v) is 9.01. The highest BCUT2D eigenvalue weighted by molar-refractivity contribution is 5.95. The number of amides is 2. The Morgan fingerprint density at radius 2 is 1.81 bits per heavy atom. The number of carbonyl (C=O) groups is 2. The van der Waals surface area contributed by atoms with Gasteiger partial charge >= 0.3 is 6.09 Å². The van der Waals surface area contributed by atoms with Crippen LogP contribution < -0.4 is 0 Å². The largest absolute Gasteiger partial charge is 0.447 e. The quantitative estimate of drug-likeness (QED) is 0.853. The van der Waals surface area contributed by atoms with E-state index in [4.69, 9.17) is 4.74 Å². The van der Waals surface area contributed by atoms with Crippen molar-refractivity contribution in [1.82, 2.24) is 4.90 Å². The van der Waals surface area contributed by atoms with Gasteiger partial charge in [0, 0.05) is 0 Å². The monoisotopic (exact) mass is 365 g/mol. The van der Waals surface area contributed by atoms with Gasteiger partial charge in [-0.1, -0.05) is 79.7 Å². The van der Waals surface area contributed by atoms with Gasteiger partial charge in [-0.2, -0.15) is 0 Å². The third-order valence-corrected chi connectivity index (χ3v) is 4.70. The van der Waals surface area contributed by atoms with Crippen molar-refractivity contribution >= 4 is 18.1 Å². The van der Waals surface area contributed by atoms with Crippen LogP contribution in [0.5, 0.6) is 0 Å². The summed E-state index contributed by atoms with van der Waals surface area (Å²) in [5.74, 6) is -1.18. The molecule has 1 heterocycles. The third-order valence-electron chi connectivity index (χ3n) is 4.70. The maximum atomic E-state index is 12.8. The second-order valence-electron chi connectivity index (χ2n) is 6.68. The predicted octanol–water partition coefficient (Wildman–Crippen LogP) is 3.29. The standard InChI is InChI=1S/C22H23NO4/c1-16(20(24)13-12-17-8-4-2-5-9-17)21(25)23-19(15-27-22(23)26)14-18-10-6-3-7-11-18/h2-13,16,19-20,24H,14-15H2,1H3/b13-12+/t16-,19-,20+/m0/s1. The molecule has 1 fully saturated rings. The van der Waals surface area contributed by atoms with Crippen molar-refractivity contribution in [1.29, 1.82) is 0 Å². The summed E-state index contributed by atoms with van der Waals surface area (Å²) >= 11 is 0. The van der Waals surface area contributed by atoms with E-state index in [1.165, 1.54) is 0 Å². The van der Waals surface area contributed by atoms with Gasteiger partial charge in [0.1, 0.15) is 6.61 Å². The molecule has 0 saturated carbocycles. The van der Waals surface area contributed by atoms with Crippen molar-refractivity contribution in [3.05, 3.63) is 77.9 Å². The molecule has 1 aliphatic rings. The second kappa shape index (κ2) is 8.64. The van der Waals surface area contributed by atoms with Gasteiger partial charge in [-0.3, -0.25) is 4.79 Å². The van der Waals surface area contributed by atoms with Crippen LogP contribution in [0.1, 0.15) is 18.1 Å². The lowest BCUT2D eigenvalue weighted by atomic mass is 9.99. The van der Waals surface area contributed by atoms with Gasteiger partial charge in [0.2, 0.25) is 5.91 Å². The Hall–Kier alpha value is -2.92. The van der Waals surface area contributed by atoms with Crippen LogP contribution in [-0.2, 0) is 16.0 Å². The first-order chi connectivity index (χ1) is 13.1. The smallest absolute Gasteiger partial charge is 0.416 e. The van der Waals surface area contributed by atoms with E-state index in [1.807, 2.05) is 60.7 Å². The van der Waals surface area contributed by atoms with Crippen LogP contribution in [0.4, 0.5) is 4.79 Å². The van der Waals surface area contributed by atoms with Gasteiger partial charge in [-0.05, 0) is 17.5 Å². The number of nitrogens with zero attached hydrogens (tertiary/aromatic N) is 1. The Kier molecular flexibility index (Phi) is 6.04. The van der Waals surface area contributed by atoms with Gasteiger partial charge in [-0.25, -0.2) is 9.69 Å². The summed E-state index contributed by atoms with van der Waals surface area (Å²) in [5.41, 5.74) is 1.95. The number of ether oxygens (including phenoxy) is 1. The zero-order chi connectivity index (χ0) is 19.2. The highest BCUT2D eigenvalue weighted by atomic mass is 16.6. The normalized spacial score (nSPS) is 19.1. The molecular formula is C22H23NO4. The molecule has 0 radical (unpaired) electrons. The number of hydrogen-bond donors (Lipinski definition) is 1. The Bertz CT molecular complexity index is 804. The van der Waals surface area contributed by atoms with Gasteiger partial charge in [-0.15, -0.1) is 0 Å². The number of cyclic esters (lactones) is 1. The molecule has 140 valence electrons. The number of rotatable bonds is 6. The van der Waals surface area contributed by atoms with E-state index < -0.39 is 24.0 Å². The van der Waals surface area contributed by atoms with E-state index in [0.717, 1.165) is 16.0 Å². The molecule has 3 atom stereocenters. The van der Waals surface area contributed by atoms with E-state index in [0.29, 0.717) is 6.42 Å². The number of hydrogen-bond acceptors (Lipinski definition) is 4. The third kappa shape index (κ3) is 4.63. The van der Waals surface area contributed by atoms with E-state index in [2.05, 4.69) is 0 Å². The van der Waals surface area contributed by atoms with Crippen LogP contribution >= 0.6 is 0 Å². The molecular weight excluding hydrogens is 342 g/mol. The molecule has 5 heteroatoms. The molecule has 2 amide bonds. The van der Waals surface area contributed by atoms with Crippen LogP contribution in [0.2, 0.25) is 0 Å². The molecule has 0 spiro atoms. The van der Waals surface area contributed by atoms with Crippen LogP contribution in [0.25, 0.3) is 6.08 Å². The van der Waals surface area contributed by atoms with Crippen LogP contribution in [0.15, 0.2) is 66.7 Å². The second-order valence-corrected chi connectivity index (χ2v) is 6.68. The predicted molar refractivity (Wildman–Crippen MR) is 103 cm³/mol. The van der Waals surface area contributed by atoms with Crippen molar-refractivity contribution in [2.75, 3.05) is 6.61 Å². The van der Waals surface area contributed by atoms with Crippen molar-refractivity contribution < 1.29 is 19.4 Å². The van der Waals surface area contributed by atoms with Crippen molar-refractivity contribution in [3.8, 4) is 0 Å². The summed E-state index contributed by atoms with van der Waals surface area (Å²) in [6, 6.07) is 18.8. The number of aliphatic hydroxyl groups is 1. The fourth-order valence-electron chi connectivity index (χ4n) is 3.07. The molecule has 0 unspecified atom stereocenters. The fraction of sp³-hybridized carbons (Fsp3) is 0.273. The van der Waals surface area contributed by atoms with Crippen LogP contribution in [0, 0.1) is 5.92 Å². The van der Waals surface area contributed by atoms with E-state index >= 15 is 0 Å². The molecule has 0 aromatic heterocycles. The number of benzene rings is 2. The van der Waals surface area contributed by atoms with Gasteiger partial charge in [0.05, 0.1) is 18.1 Å². The maximum Gasteiger partial charge on any atom is 0.416 e. The lowest BCUT2D eigenvalue weighted by molar-refractivity contribution is -0.135. The molecule has 0 aliphatic carbocycles. The average molecular weight is 365 g/mol. The van der Waals surface area contributed by atoms with Crippen molar-refractivity contribution in [2.24, 2.45) is 5.92 Å². The lowest BCUT2D eigenvalue weighted by Gasteiger charge is -2.24. The Morgan fingerprint density at radius 1 is 1.19 bits per heavy atom. The summed E-state index contributed by atoms with van der Waals surface area (Å²) in [4.78, 5) is 26.1. The van der Waals surface area contributed by atoms with Crippen LogP contribution in [-0.4, -0.2) is 40.8 Å². The van der Waals surface area contributed by atoms with Crippen molar-refractivity contribution in [2.45, 2.75) is 25.5 Å². The van der Waals surface area contributed by atoms with E-state index in [-0.39, 0.29) is 12.6 Å². The minimum Gasteiger partial charge on any atom is -0.447 e. The number of carbonyl (C=O) groups excluding carboxylic acids is 2.